The Morgan fingerprint density at radius 3 is 2.81 bits per heavy atom. The molecule has 2 saturated heterocycles. The Morgan fingerprint density at radius 2 is 2.14 bits per heavy atom. The third kappa shape index (κ3) is 3.37. The van der Waals surface area contributed by atoms with E-state index in [1.807, 2.05) is 11.3 Å². The maximum atomic E-state index is 6.38. The van der Waals surface area contributed by atoms with Crippen molar-refractivity contribution in [1.29, 1.82) is 0 Å². The van der Waals surface area contributed by atoms with Crippen LogP contribution in [0.2, 0.25) is 0 Å². The molecular formula is C16H26BrN3S. The number of halogens is 1. The van der Waals surface area contributed by atoms with Gasteiger partial charge in [0.2, 0.25) is 0 Å². The first-order valence-electron chi connectivity index (χ1n) is 8.07. The fourth-order valence-corrected chi connectivity index (χ4v) is 5.64. The van der Waals surface area contributed by atoms with E-state index in [1.54, 1.807) is 0 Å². The van der Waals surface area contributed by atoms with Gasteiger partial charge in [0.25, 0.3) is 0 Å². The number of nitrogens with zero attached hydrogens (tertiary/aromatic N) is 2. The summed E-state index contributed by atoms with van der Waals surface area (Å²) in [6.45, 7) is 8.17. The molecule has 0 aromatic carbocycles. The Kier molecular flexibility index (Phi) is 5.06. The molecule has 3 rings (SSSR count). The molecule has 4 atom stereocenters. The van der Waals surface area contributed by atoms with Crippen LogP contribution in [0, 0.1) is 0 Å². The Bertz CT molecular complexity index is 476. The highest BCUT2D eigenvalue weighted by Gasteiger charge is 2.38. The molecule has 2 aliphatic heterocycles. The summed E-state index contributed by atoms with van der Waals surface area (Å²) in [5, 5.41) is 0. The van der Waals surface area contributed by atoms with Crippen molar-refractivity contribution < 1.29 is 0 Å². The Labute approximate surface area is 140 Å². The summed E-state index contributed by atoms with van der Waals surface area (Å²) in [4.78, 5) is 6.76. The van der Waals surface area contributed by atoms with E-state index in [-0.39, 0.29) is 6.04 Å². The molecule has 2 aliphatic rings. The van der Waals surface area contributed by atoms with Gasteiger partial charge in [0.15, 0.2) is 0 Å². The van der Waals surface area contributed by atoms with Crippen molar-refractivity contribution in [3.63, 3.8) is 0 Å². The number of piperidine rings is 1. The quantitative estimate of drug-likeness (QED) is 0.882. The second-order valence-electron chi connectivity index (χ2n) is 6.64. The van der Waals surface area contributed by atoms with Crippen molar-refractivity contribution in [3.05, 3.63) is 20.8 Å². The van der Waals surface area contributed by atoms with Crippen molar-refractivity contribution in [3.8, 4) is 0 Å². The molecule has 2 fully saturated rings. The Morgan fingerprint density at radius 1 is 1.33 bits per heavy atom. The zero-order valence-electron chi connectivity index (χ0n) is 13.0. The molecule has 1 aromatic rings. The van der Waals surface area contributed by atoms with Gasteiger partial charge in [-0.05, 0) is 61.3 Å². The molecule has 0 saturated carbocycles. The van der Waals surface area contributed by atoms with Gasteiger partial charge in [-0.25, -0.2) is 0 Å². The van der Waals surface area contributed by atoms with Gasteiger partial charge in [-0.3, -0.25) is 9.80 Å². The molecule has 3 nitrogen and oxygen atoms in total. The van der Waals surface area contributed by atoms with Crippen molar-refractivity contribution in [1.82, 2.24) is 9.80 Å². The number of hydrogen-bond acceptors (Lipinski definition) is 4. The first-order valence-corrected chi connectivity index (χ1v) is 9.68. The van der Waals surface area contributed by atoms with Crippen LogP contribution in [-0.4, -0.2) is 47.6 Å². The molecule has 1 aromatic heterocycles. The van der Waals surface area contributed by atoms with Crippen LogP contribution >= 0.6 is 27.3 Å². The van der Waals surface area contributed by atoms with Crippen LogP contribution in [-0.2, 0) is 0 Å². The zero-order valence-corrected chi connectivity index (χ0v) is 15.4. The maximum Gasteiger partial charge on any atom is 0.0702 e. The largest absolute Gasteiger partial charge is 0.326 e. The second kappa shape index (κ2) is 6.67. The van der Waals surface area contributed by atoms with Gasteiger partial charge < -0.3 is 5.73 Å². The molecule has 0 bridgehead atoms. The average Bonchev–Trinajstić information content (AvgIpc) is 2.85. The van der Waals surface area contributed by atoms with E-state index in [2.05, 4.69) is 51.7 Å². The van der Waals surface area contributed by atoms with Crippen LogP contribution in [0.1, 0.15) is 44.0 Å². The van der Waals surface area contributed by atoms with Crippen molar-refractivity contribution in [2.24, 2.45) is 5.73 Å². The van der Waals surface area contributed by atoms with Gasteiger partial charge in [0.05, 0.1) is 9.83 Å². The fraction of sp³-hybridized carbons (Fsp3) is 0.750. The molecule has 21 heavy (non-hydrogen) atoms. The monoisotopic (exact) mass is 371 g/mol. The number of piperazine rings is 1. The number of fused-ring (bicyclic) bond motifs is 1. The molecule has 0 radical (unpaired) electrons. The van der Waals surface area contributed by atoms with E-state index >= 15 is 0 Å². The summed E-state index contributed by atoms with van der Waals surface area (Å²) >= 11 is 5.43. The lowest BCUT2D eigenvalue weighted by Gasteiger charge is -2.50. The smallest absolute Gasteiger partial charge is 0.0702 e. The molecule has 4 unspecified atom stereocenters. The highest BCUT2D eigenvalue weighted by molar-refractivity contribution is 9.11. The lowest BCUT2D eigenvalue weighted by atomic mass is 9.94. The van der Waals surface area contributed by atoms with Crippen molar-refractivity contribution in [2.75, 3.05) is 19.6 Å². The van der Waals surface area contributed by atoms with E-state index in [4.69, 9.17) is 5.73 Å². The van der Waals surface area contributed by atoms with Gasteiger partial charge in [0.1, 0.15) is 0 Å². The molecule has 2 N–H and O–H groups in total. The van der Waals surface area contributed by atoms with E-state index in [1.165, 1.54) is 47.6 Å². The molecule has 0 aliphatic carbocycles. The van der Waals surface area contributed by atoms with Crippen LogP contribution in [0.5, 0.6) is 0 Å². The van der Waals surface area contributed by atoms with Crippen LogP contribution < -0.4 is 5.73 Å². The van der Waals surface area contributed by atoms with E-state index in [0.29, 0.717) is 12.1 Å². The van der Waals surface area contributed by atoms with E-state index in [0.717, 1.165) is 6.04 Å². The lowest BCUT2D eigenvalue weighted by molar-refractivity contribution is -0.0123. The molecule has 3 heterocycles. The molecule has 0 spiro atoms. The van der Waals surface area contributed by atoms with Gasteiger partial charge in [-0.2, -0.15) is 0 Å². The zero-order chi connectivity index (χ0) is 15.0. The van der Waals surface area contributed by atoms with Gasteiger partial charge in [-0.15, -0.1) is 11.3 Å². The highest BCUT2D eigenvalue weighted by Crippen LogP contribution is 2.36. The summed E-state index contributed by atoms with van der Waals surface area (Å²) in [7, 11) is 0. The van der Waals surface area contributed by atoms with Gasteiger partial charge in [-0.1, -0.05) is 6.42 Å². The van der Waals surface area contributed by atoms with E-state index in [9.17, 15) is 0 Å². The summed E-state index contributed by atoms with van der Waals surface area (Å²) < 4.78 is 1.20. The third-order valence-corrected chi connectivity index (χ3v) is 6.67. The number of nitrogens with two attached hydrogens (primary N) is 1. The summed E-state index contributed by atoms with van der Waals surface area (Å²) in [5.41, 5.74) is 6.38. The van der Waals surface area contributed by atoms with Crippen molar-refractivity contribution >= 4 is 27.3 Å². The minimum atomic E-state index is 0.160. The predicted molar refractivity (Wildman–Crippen MR) is 93.8 cm³/mol. The van der Waals surface area contributed by atoms with Crippen LogP contribution in [0.3, 0.4) is 0 Å². The number of thiophene rings is 1. The first kappa shape index (κ1) is 15.9. The normalized spacial score (nSPS) is 30.9. The van der Waals surface area contributed by atoms with Gasteiger partial charge >= 0.3 is 0 Å². The molecule has 0 amide bonds. The highest BCUT2D eigenvalue weighted by atomic mass is 79.9. The average molecular weight is 372 g/mol. The minimum Gasteiger partial charge on any atom is -0.326 e. The topological polar surface area (TPSA) is 32.5 Å². The summed E-state index contributed by atoms with van der Waals surface area (Å²) in [5.74, 6) is 0. The molecular weight excluding hydrogens is 346 g/mol. The fourth-order valence-electron chi connectivity index (χ4n) is 3.97. The van der Waals surface area contributed by atoms with Crippen molar-refractivity contribution in [2.45, 2.75) is 57.3 Å². The number of hydrogen-bond donors (Lipinski definition) is 1. The minimum absolute atomic E-state index is 0.160. The predicted octanol–water partition coefficient (Wildman–Crippen LogP) is 3.46. The molecule has 118 valence electrons. The maximum absolute atomic E-state index is 6.38. The summed E-state index contributed by atoms with van der Waals surface area (Å²) in [6, 6.07) is 6.21. The molecule has 5 heteroatoms. The number of rotatable bonds is 3. The SMILES string of the molecule is CC(N)C(c1ccc(Br)s1)N1CC2CCCCN2CC1C. The van der Waals surface area contributed by atoms with Gasteiger partial charge in [0, 0.05) is 36.1 Å². The second-order valence-corrected chi connectivity index (χ2v) is 9.13. The first-order chi connectivity index (χ1) is 10.1. The van der Waals surface area contributed by atoms with Crippen LogP contribution in [0.4, 0.5) is 0 Å². The van der Waals surface area contributed by atoms with E-state index < -0.39 is 0 Å². The third-order valence-electron chi connectivity index (χ3n) is 4.98. The standard InChI is InChI=1S/C16H26BrN3S/c1-11-9-19-8-4-3-5-13(19)10-20(11)16(12(2)18)14-6-7-15(17)21-14/h6-7,11-13,16H,3-5,8-10,18H2,1-2H3. The Hall–Kier alpha value is 0.0600. The van der Waals surface area contributed by atoms with Crippen LogP contribution in [0.15, 0.2) is 15.9 Å². The Balaban J connectivity index is 1.81. The lowest BCUT2D eigenvalue weighted by Crippen LogP contribution is -2.60. The van der Waals surface area contributed by atoms with Crippen LogP contribution in [0.25, 0.3) is 0 Å². The summed E-state index contributed by atoms with van der Waals surface area (Å²) in [6.07, 6.45) is 4.11.